The Morgan fingerprint density at radius 1 is 1.50 bits per heavy atom. The average Bonchev–Trinajstić information content (AvgIpc) is 2.77. The molecule has 0 radical (unpaired) electrons. The highest BCUT2D eigenvalue weighted by Crippen LogP contribution is 2.07. The Hall–Kier alpha value is -0.650. The van der Waals surface area contributed by atoms with Gasteiger partial charge < -0.3 is 20.1 Å². The third-order valence-corrected chi connectivity index (χ3v) is 2.88. The molecule has 1 aliphatic rings. The highest BCUT2D eigenvalue weighted by Gasteiger charge is 2.18. The largest absolute Gasteiger partial charge is 0.468 e. The predicted octanol–water partition coefficient (Wildman–Crippen LogP) is -0.406. The van der Waals surface area contributed by atoms with Gasteiger partial charge in [-0.15, -0.1) is 0 Å². The molecule has 1 fully saturated rings. The summed E-state index contributed by atoms with van der Waals surface area (Å²) in [6, 6.07) is -0.363. The topological polar surface area (TPSA) is 61.8 Å². The maximum absolute atomic E-state index is 11.1. The summed E-state index contributed by atoms with van der Waals surface area (Å²) in [4.78, 5) is 13.3. The van der Waals surface area contributed by atoms with Gasteiger partial charge >= 0.3 is 5.97 Å². The molecule has 2 unspecified atom stereocenters. The molecule has 2 N–H and O–H groups in total. The van der Waals surface area contributed by atoms with Crippen LogP contribution in [-0.4, -0.2) is 61.4 Å². The number of likely N-dealkylation sites (tertiary alicyclic amines) is 1. The number of hydrogen-bond donors (Lipinski definition) is 2. The lowest BCUT2D eigenvalue weighted by atomic mass is 10.3. The summed E-state index contributed by atoms with van der Waals surface area (Å²) in [7, 11) is 1.36. The lowest BCUT2D eigenvalue weighted by Gasteiger charge is -2.20. The first-order valence-corrected chi connectivity index (χ1v) is 5.85. The fraction of sp³-hybridized carbons (Fsp3) is 0.909. The molecule has 16 heavy (non-hydrogen) atoms. The number of carbonyl (C=O) groups excluding carboxylic acids is 1. The summed E-state index contributed by atoms with van der Waals surface area (Å²) in [6.45, 7) is 4.98. The summed E-state index contributed by atoms with van der Waals surface area (Å²) in [5.41, 5.74) is 0. The van der Waals surface area contributed by atoms with Crippen molar-refractivity contribution in [3.8, 4) is 0 Å². The van der Waals surface area contributed by atoms with Crippen LogP contribution in [0.5, 0.6) is 0 Å². The molecule has 0 amide bonds. The van der Waals surface area contributed by atoms with Crippen molar-refractivity contribution in [3.63, 3.8) is 0 Å². The van der Waals surface area contributed by atoms with Crippen molar-refractivity contribution in [2.24, 2.45) is 0 Å². The molecule has 94 valence electrons. The fourth-order valence-corrected chi connectivity index (χ4v) is 1.90. The standard InChI is InChI=1S/C11H22N2O3/c1-9(11(15)16-2)12-7-10(14)8-13-5-3-4-6-13/h9-10,12,14H,3-8H2,1-2H3. The van der Waals surface area contributed by atoms with Crippen molar-refractivity contribution in [3.05, 3.63) is 0 Å². The first-order valence-electron chi connectivity index (χ1n) is 5.85. The Bertz CT molecular complexity index is 217. The molecule has 0 bridgehead atoms. The SMILES string of the molecule is COC(=O)C(C)NCC(O)CN1CCCC1. The summed E-state index contributed by atoms with van der Waals surface area (Å²) < 4.78 is 4.58. The third kappa shape index (κ3) is 4.47. The number of aliphatic hydroxyl groups excluding tert-OH is 1. The molecule has 1 aliphatic heterocycles. The second-order valence-corrected chi connectivity index (χ2v) is 4.31. The van der Waals surface area contributed by atoms with Gasteiger partial charge in [0.25, 0.3) is 0 Å². The van der Waals surface area contributed by atoms with E-state index in [1.54, 1.807) is 6.92 Å². The van der Waals surface area contributed by atoms with E-state index < -0.39 is 6.10 Å². The number of carbonyl (C=O) groups is 1. The zero-order chi connectivity index (χ0) is 12.0. The first-order chi connectivity index (χ1) is 7.63. The number of nitrogens with one attached hydrogen (secondary N) is 1. The third-order valence-electron chi connectivity index (χ3n) is 2.88. The number of aliphatic hydroxyl groups is 1. The Labute approximate surface area is 96.8 Å². The van der Waals surface area contributed by atoms with E-state index in [2.05, 4.69) is 15.0 Å². The van der Waals surface area contributed by atoms with Crippen molar-refractivity contribution >= 4 is 5.97 Å². The number of esters is 1. The second kappa shape index (κ2) is 6.83. The van der Waals surface area contributed by atoms with Gasteiger partial charge in [-0.05, 0) is 32.9 Å². The average molecular weight is 230 g/mol. The molecule has 0 spiro atoms. The highest BCUT2D eigenvalue weighted by atomic mass is 16.5. The van der Waals surface area contributed by atoms with Crippen LogP contribution in [0.3, 0.4) is 0 Å². The van der Waals surface area contributed by atoms with Gasteiger partial charge in [-0.25, -0.2) is 0 Å². The van der Waals surface area contributed by atoms with Gasteiger partial charge in [-0.2, -0.15) is 0 Å². The van der Waals surface area contributed by atoms with E-state index in [1.807, 2.05) is 0 Å². The van der Waals surface area contributed by atoms with E-state index in [1.165, 1.54) is 20.0 Å². The van der Waals surface area contributed by atoms with Crippen molar-refractivity contribution in [1.29, 1.82) is 0 Å². The van der Waals surface area contributed by atoms with Crippen LogP contribution in [0.4, 0.5) is 0 Å². The monoisotopic (exact) mass is 230 g/mol. The summed E-state index contributed by atoms with van der Waals surface area (Å²) in [5.74, 6) is -0.298. The molecular weight excluding hydrogens is 208 g/mol. The predicted molar refractivity (Wildman–Crippen MR) is 61.2 cm³/mol. The Morgan fingerprint density at radius 3 is 2.69 bits per heavy atom. The number of rotatable bonds is 6. The molecule has 2 atom stereocenters. The summed E-state index contributed by atoms with van der Waals surface area (Å²) >= 11 is 0. The zero-order valence-electron chi connectivity index (χ0n) is 10.1. The van der Waals surface area contributed by atoms with E-state index in [9.17, 15) is 9.90 Å². The van der Waals surface area contributed by atoms with Crippen molar-refractivity contribution in [2.45, 2.75) is 31.9 Å². The van der Waals surface area contributed by atoms with Gasteiger partial charge in [0.2, 0.25) is 0 Å². The minimum atomic E-state index is -0.426. The molecule has 0 aromatic rings. The number of methoxy groups -OCH3 is 1. The second-order valence-electron chi connectivity index (χ2n) is 4.31. The molecule has 0 aromatic carbocycles. The molecular formula is C11H22N2O3. The summed E-state index contributed by atoms with van der Waals surface area (Å²) in [6.07, 6.45) is 2.02. The van der Waals surface area contributed by atoms with Crippen molar-refractivity contribution in [2.75, 3.05) is 33.3 Å². The normalized spacial score (nSPS) is 20.7. The van der Waals surface area contributed by atoms with Gasteiger partial charge in [0, 0.05) is 13.1 Å². The molecule has 0 saturated carbocycles. The molecule has 1 saturated heterocycles. The van der Waals surface area contributed by atoms with Gasteiger partial charge in [-0.3, -0.25) is 4.79 Å². The number of nitrogens with zero attached hydrogens (tertiary/aromatic N) is 1. The maximum Gasteiger partial charge on any atom is 0.322 e. The molecule has 1 heterocycles. The van der Waals surface area contributed by atoms with Crippen LogP contribution in [0.15, 0.2) is 0 Å². The fourth-order valence-electron chi connectivity index (χ4n) is 1.90. The highest BCUT2D eigenvalue weighted by molar-refractivity contribution is 5.75. The van der Waals surface area contributed by atoms with E-state index in [4.69, 9.17) is 0 Å². The number of β-amino-alcohol motifs (C(OH)–C–C–N with tert-alkyl or cyclic N) is 1. The Balaban J connectivity index is 2.13. The quantitative estimate of drug-likeness (QED) is 0.608. The summed E-state index contributed by atoms with van der Waals surface area (Å²) in [5, 5.41) is 12.7. The van der Waals surface area contributed by atoms with Crippen molar-refractivity contribution < 1.29 is 14.6 Å². The zero-order valence-corrected chi connectivity index (χ0v) is 10.1. The van der Waals surface area contributed by atoms with Crippen LogP contribution in [0.1, 0.15) is 19.8 Å². The van der Waals surface area contributed by atoms with Crippen molar-refractivity contribution in [1.82, 2.24) is 10.2 Å². The molecule has 1 rings (SSSR count). The van der Waals surface area contributed by atoms with Gasteiger partial charge in [0.15, 0.2) is 0 Å². The van der Waals surface area contributed by atoms with Gasteiger partial charge in [-0.1, -0.05) is 0 Å². The number of hydrogen-bond acceptors (Lipinski definition) is 5. The van der Waals surface area contributed by atoms with Crippen LogP contribution >= 0.6 is 0 Å². The number of ether oxygens (including phenoxy) is 1. The van der Waals surface area contributed by atoms with Gasteiger partial charge in [0.1, 0.15) is 6.04 Å². The minimum Gasteiger partial charge on any atom is -0.468 e. The van der Waals surface area contributed by atoms with E-state index in [0.717, 1.165) is 13.1 Å². The molecule has 0 aromatic heterocycles. The minimum absolute atomic E-state index is 0.298. The van der Waals surface area contributed by atoms with Crippen LogP contribution in [0.2, 0.25) is 0 Å². The van der Waals surface area contributed by atoms with Crippen LogP contribution < -0.4 is 5.32 Å². The van der Waals surface area contributed by atoms with Crippen LogP contribution in [0.25, 0.3) is 0 Å². The molecule has 0 aliphatic carbocycles. The van der Waals surface area contributed by atoms with E-state index >= 15 is 0 Å². The molecule has 5 nitrogen and oxygen atoms in total. The smallest absolute Gasteiger partial charge is 0.322 e. The Morgan fingerprint density at radius 2 is 2.12 bits per heavy atom. The van der Waals surface area contributed by atoms with E-state index in [-0.39, 0.29) is 12.0 Å². The van der Waals surface area contributed by atoms with Crippen LogP contribution in [0, 0.1) is 0 Å². The van der Waals surface area contributed by atoms with Gasteiger partial charge in [0.05, 0.1) is 13.2 Å². The lowest BCUT2D eigenvalue weighted by molar-refractivity contribution is -0.142. The van der Waals surface area contributed by atoms with Crippen LogP contribution in [-0.2, 0) is 9.53 Å². The maximum atomic E-state index is 11.1. The molecule has 5 heteroatoms. The Kier molecular flexibility index (Phi) is 5.73. The lowest BCUT2D eigenvalue weighted by Crippen LogP contribution is -2.43. The first kappa shape index (κ1) is 13.4. The van der Waals surface area contributed by atoms with E-state index in [0.29, 0.717) is 13.1 Å².